The fourth-order valence-electron chi connectivity index (χ4n) is 3.19. The number of nitrogens with zero attached hydrogens (tertiary/aromatic N) is 5. The van der Waals surface area contributed by atoms with Gasteiger partial charge in [0.25, 0.3) is 20.2 Å². The van der Waals surface area contributed by atoms with Crippen LogP contribution in [0.1, 0.15) is 5.56 Å². The number of fused-ring (bicyclic) bond motifs is 1. The molecule has 7 N–H and O–H groups in total. The van der Waals surface area contributed by atoms with Gasteiger partial charge in [0.15, 0.2) is 23.1 Å². The third-order valence-electron chi connectivity index (χ3n) is 5.02. The maximum absolute atomic E-state index is 14.1. The average Bonchev–Trinajstić information content (AvgIpc) is 3.23. The molecule has 0 spiro atoms. The number of rotatable bonds is 7. The van der Waals surface area contributed by atoms with Crippen LogP contribution in [0.25, 0.3) is 22.6 Å². The van der Waals surface area contributed by atoms with Gasteiger partial charge in [-0.25, -0.2) is 33.2 Å². The average molecular weight is 617 g/mol. The van der Waals surface area contributed by atoms with Crippen LogP contribution in [0.3, 0.4) is 0 Å². The van der Waals surface area contributed by atoms with Crippen LogP contribution in [0.4, 0.5) is 30.9 Å². The highest BCUT2D eigenvalue weighted by Crippen LogP contribution is 2.30. The van der Waals surface area contributed by atoms with Crippen molar-refractivity contribution in [1.29, 1.82) is 0 Å². The van der Waals surface area contributed by atoms with Crippen molar-refractivity contribution >= 4 is 54.7 Å². The van der Waals surface area contributed by atoms with Crippen molar-refractivity contribution < 1.29 is 44.3 Å². The van der Waals surface area contributed by atoms with Crippen LogP contribution in [-0.2, 0) is 31.5 Å². The van der Waals surface area contributed by atoms with Gasteiger partial charge in [0.05, 0.1) is 36.7 Å². The van der Waals surface area contributed by atoms with E-state index in [2.05, 4.69) is 30.1 Å². The normalized spacial score (nSPS) is 11.5. The summed E-state index contributed by atoms with van der Waals surface area (Å²) < 4.78 is 89.4. The molecule has 1 amide bonds. The second-order valence-electron chi connectivity index (χ2n) is 8.00. The van der Waals surface area contributed by atoms with Gasteiger partial charge in [-0.1, -0.05) is 18.2 Å². The summed E-state index contributed by atoms with van der Waals surface area (Å²) in [5.74, 6) is -3.29. The number of amides is 1. The number of nitrogen functional groups attached to an aromatic ring is 2. The number of anilines is 3. The summed E-state index contributed by atoms with van der Waals surface area (Å²) in [6.07, 6.45) is 0.221. The molecule has 1 aromatic carbocycles. The maximum Gasteiger partial charge on any atom is 0.411 e. The molecule has 3 aromatic heterocycles. The lowest BCUT2D eigenvalue weighted by atomic mass is 10.2. The molecule has 0 aliphatic carbocycles. The van der Waals surface area contributed by atoms with Gasteiger partial charge >= 0.3 is 6.09 Å². The first kappa shape index (κ1) is 31.0. The summed E-state index contributed by atoms with van der Waals surface area (Å²) in [7, 11) is -7.42. The fraction of sp³-hybridized carbons (Fsp3) is 0.190. The molecule has 4 rings (SSSR count). The second-order valence-corrected chi connectivity index (χ2v) is 11.1. The van der Waals surface area contributed by atoms with Crippen molar-refractivity contribution in [3.05, 3.63) is 53.7 Å². The van der Waals surface area contributed by atoms with Crippen LogP contribution in [0.5, 0.6) is 0 Å². The van der Waals surface area contributed by atoms with Gasteiger partial charge in [0.2, 0.25) is 0 Å². The third kappa shape index (κ3) is 8.48. The Morgan fingerprint density at radius 1 is 1.05 bits per heavy atom. The number of hydrogen-bond donors (Lipinski definition) is 5. The predicted molar refractivity (Wildman–Crippen MR) is 142 cm³/mol. The third-order valence-corrected chi connectivity index (χ3v) is 6.72. The minimum atomic E-state index is -4.30. The molecule has 0 saturated heterocycles. The number of carbonyl (C=O) groups excluding carboxylic acids is 1. The molecular formula is C21H22F2N8O8S2. The van der Waals surface area contributed by atoms with Crippen LogP contribution in [0, 0.1) is 11.6 Å². The number of nitrogens with one attached hydrogen (secondary N) is 1. The number of halogens is 2. The van der Waals surface area contributed by atoms with Gasteiger partial charge in [-0.15, -0.1) is 0 Å². The zero-order valence-corrected chi connectivity index (χ0v) is 22.5. The van der Waals surface area contributed by atoms with Crippen LogP contribution in [0.15, 0.2) is 36.5 Å². The quantitative estimate of drug-likeness (QED) is 0.184. The summed E-state index contributed by atoms with van der Waals surface area (Å²) in [5, 5.41) is 7.00. The molecule has 0 radical (unpaired) electrons. The minimum absolute atomic E-state index is 0.0184. The topological polar surface area (TPSA) is 256 Å². The van der Waals surface area contributed by atoms with Gasteiger partial charge in [0.1, 0.15) is 23.0 Å². The molecule has 0 aliphatic heterocycles. The SMILES string of the molecule is COC(=O)Nc1c(N)nc(-c2nn(Cc3ccccc3F)c3ncc(F)cc23)nc1N.O=S(=O)(O)CCS(=O)(=O)O. The van der Waals surface area contributed by atoms with E-state index in [4.69, 9.17) is 20.6 Å². The maximum atomic E-state index is 14.1. The Morgan fingerprint density at radius 2 is 1.63 bits per heavy atom. The molecule has 4 aromatic rings. The predicted octanol–water partition coefficient (Wildman–Crippen LogP) is 1.32. The molecule has 0 unspecified atom stereocenters. The Kier molecular flexibility index (Phi) is 9.32. The lowest BCUT2D eigenvalue weighted by Crippen LogP contribution is -2.16. The van der Waals surface area contributed by atoms with Crippen LogP contribution < -0.4 is 16.8 Å². The molecule has 3 heterocycles. The lowest BCUT2D eigenvalue weighted by molar-refractivity contribution is 0.187. The monoisotopic (exact) mass is 616 g/mol. The van der Waals surface area contributed by atoms with Crippen molar-refractivity contribution in [2.24, 2.45) is 0 Å². The first-order valence-electron chi connectivity index (χ1n) is 11.0. The number of aromatic nitrogens is 5. The first-order chi connectivity index (χ1) is 19.1. The molecule has 16 nitrogen and oxygen atoms in total. The molecule has 220 valence electrons. The van der Waals surface area contributed by atoms with Crippen molar-refractivity contribution in [2.75, 3.05) is 35.4 Å². The summed E-state index contributed by atoms with van der Waals surface area (Å²) >= 11 is 0. The van der Waals surface area contributed by atoms with E-state index in [0.29, 0.717) is 5.56 Å². The zero-order valence-electron chi connectivity index (χ0n) is 20.9. The Hall–Kier alpha value is -4.53. The number of pyridine rings is 1. The highest BCUT2D eigenvalue weighted by Gasteiger charge is 2.21. The van der Waals surface area contributed by atoms with E-state index in [1.807, 2.05) is 0 Å². The van der Waals surface area contributed by atoms with Crippen LogP contribution >= 0.6 is 0 Å². The number of nitrogens with two attached hydrogens (primary N) is 2. The Morgan fingerprint density at radius 3 is 2.17 bits per heavy atom. The van der Waals surface area contributed by atoms with Crippen molar-refractivity contribution in [3.8, 4) is 11.5 Å². The Bertz CT molecular complexity index is 1760. The van der Waals surface area contributed by atoms with Gasteiger partial charge in [-0.3, -0.25) is 14.4 Å². The zero-order chi connectivity index (χ0) is 30.5. The van der Waals surface area contributed by atoms with E-state index in [1.54, 1.807) is 18.2 Å². The Balaban J connectivity index is 0.000000397. The smallest absolute Gasteiger partial charge is 0.411 e. The van der Waals surface area contributed by atoms with Crippen molar-refractivity contribution in [1.82, 2.24) is 24.7 Å². The summed E-state index contributed by atoms with van der Waals surface area (Å²) in [5.41, 5.74) is 12.6. The van der Waals surface area contributed by atoms with Gasteiger partial charge in [-0.05, 0) is 12.1 Å². The van der Waals surface area contributed by atoms with Gasteiger partial charge in [-0.2, -0.15) is 21.9 Å². The number of methoxy groups -OCH3 is 1. The highest BCUT2D eigenvalue weighted by molar-refractivity contribution is 7.89. The lowest BCUT2D eigenvalue weighted by Gasteiger charge is -2.10. The standard InChI is InChI=1S/C19H16F2N8O2.C2H6O6S2/c1-31-19(30)25-14-15(22)26-17(27-16(14)23)13-11-6-10(20)7-24-18(11)29(28-13)8-9-4-2-3-5-12(9)21;3-9(4,5)1-2-10(6,7)8/h2-7H,8H2,1H3,(H,25,30)(H4,22,23,26,27);1-2H2,(H,3,4,5)(H,6,7,8). The molecule has 41 heavy (non-hydrogen) atoms. The van der Waals surface area contributed by atoms with E-state index >= 15 is 0 Å². The van der Waals surface area contributed by atoms with Crippen molar-refractivity contribution in [3.63, 3.8) is 0 Å². The van der Waals surface area contributed by atoms with E-state index < -0.39 is 49.5 Å². The van der Waals surface area contributed by atoms with E-state index in [-0.39, 0.29) is 46.4 Å². The molecule has 0 fully saturated rings. The first-order valence-corrected chi connectivity index (χ1v) is 14.2. The minimum Gasteiger partial charge on any atom is -0.453 e. The van der Waals surface area contributed by atoms with E-state index in [0.717, 1.165) is 6.20 Å². The summed E-state index contributed by atoms with van der Waals surface area (Å²) in [4.78, 5) is 23.8. The fourth-order valence-corrected chi connectivity index (χ4v) is 4.88. The molecular weight excluding hydrogens is 594 g/mol. The summed E-state index contributed by atoms with van der Waals surface area (Å²) in [6, 6.07) is 7.40. The second kappa shape index (κ2) is 12.3. The molecule has 0 saturated carbocycles. The Labute approximate surface area is 230 Å². The number of hydrogen-bond acceptors (Lipinski definition) is 12. The van der Waals surface area contributed by atoms with Gasteiger partial charge in [0, 0.05) is 5.56 Å². The number of carbonyl (C=O) groups is 1. The molecule has 0 atom stereocenters. The largest absolute Gasteiger partial charge is 0.453 e. The molecule has 20 heteroatoms. The van der Waals surface area contributed by atoms with Crippen LogP contribution in [-0.4, -0.2) is 75.4 Å². The summed E-state index contributed by atoms with van der Waals surface area (Å²) in [6.45, 7) is 0.0365. The number of ether oxygens (including phenoxy) is 1. The number of benzene rings is 1. The molecule has 0 aliphatic rings. The van der Waals surface area contributed by atoms with Crippen molar-refractivity contribution in [2.45, 2.75) is 6.54 Å². The van der Waals surface area contributed by atoms with E-state index in [1.165, 1.54) is 23.9 Å². The van der Waals surface area contributed by atoms with Crippen LogP contribution in [0.2, 0.25) is 0 Å². The molecule has 0 bridgehead atoms. The van der Waals surface area contributed by atoms with Gasteiger partial charge < -0.3 is 16.2 Å². The van der Waals surface area contributed by atoms with E-state index in [9.17, 15) is 30.4 Å². The highest BCUT2D eigenvalue weighted by atomic mass is 32.2.